The Hall–Kier alpha value is -2.92. The van der Waals surface area contributed by atoms with Crippen molar-refractivity contribution in [2.75, 3.05) is 11.9 Å². The van der Waals surface area contributed by atoms with Gasteiger partial charge in [-0.1, -0.05) is 55.1 Å². The van der Waals surface area contributed by atoms with Crippen molar-refractivity contribution in [1.82, 2.24) is 5.32 Å². The Bertz CT molecular complexity index is 742. The second-order valence-corrected chi connectivity index (χ2v) is 5.19. The quantitative estimate of drug-likeness (QED) is 0.478. The summed E-state index contributed by atoms with van der Waals surface area (Å²) in [5.74, 6) is 0.328. The molecule has 0 aromatic heterocycles. The molecule has 0 aliphatic rings. The average molecular weight is 338 g/mol. The highest BCUT2D eigenvalue weighted by atomic mass is 32.1. The number of hydrogen-bond acceptors (Lipinski definition) is 3. The van der Waals surface area contributed by atoms with Gasteiger partial charge in [0.15, 0.2) is 5.11 Å². The zero-order valence-electron chi connectivity index (χ0n) is 13.1. The largest absolute Gasteiger partial charge is 0.487 e. The molecule has 4 nitrogen and oxygen atoms in total. The van der Waals surface area contributed by atoms with Crippen LogP contribution in [-0.2, 0) is 4.79 Å². The van der Waals surface area contributed by atoms with Gasteiger partial charge in [0.25, 0.3) is 0 Å². The zero-order valence-corrected chi connectivity index (χ0v) is 13.9. The van der Waals surface area contributed by atoms with E-state index in [1.165, 1.54) is 6.08 Å². The van der Waals surface area contributed by atoms with Gasteiger partial charge < -0.3 is 10.1 Å². The Morgan fingerprint density at radius 3 is 2.58 bits per heavy atom. The minimum atomic E-state index is -0.305. The summed E-state index contributed by atoms with van der Waals surface area (Å²) in [6.45, 7) is 4.00. The van der Waals surface area contributed by atoms with Gasteiger partial charge in [0.05, 0.1) is 5.69 Å². The molecular weight excluding hydrogens is 320 g/mol. The van der Waals surface area contributed by atoms with Crippen LogP contribution in [0.15, 0.2) is 73.3 Å². The number of para-hydroxylation sites is 2. The molecular formula is C19H18N2O2S. The van der Waals surface area contributed by atoms with Crippen molar-refractivity contribution < 1.29 is 9.53 Å². The first-order chi connectivity index (χ1) is 11.7. The average Bonchev–Trinajstić information content (AvgIpc) is 2.60. The van der Waals surface area contributed by atoms with Crippen LogP contribution in [0.3, 0.4) is 0 Å². The summed E-state index contributed by atoms with van der Waals surface area (Å²) in [5, 5.41) is 5.76. The summed E-state index contributed by atoms with van der Waals surface area (Å²) in [6, 6.07) is 16.9. The number of carbonyl (C=O) groups excluding carboxylic acids is 1. The molecule has 2 N–H and O–H groups in total. The Morgan fingerprint density at radius 1 is 1.12 bits per heavy atom. The predicted molar refractivity (Wildman–Crippen MR) is 102 cm³/mol. The summed E-state index contributed by atoms with van der Waals surface area (Å²) < 4.78 is 5.53. The first-order valence-corrected chi connectivity index (χ1v) is 7.77. The van der Waals surface area contributed by atoms with E-state index >= 15 is 0 Å². The smallest absolute Gasteiger partial charge is 0.250 e. The first-order valence-electron chi connectivity index (χ1n) is 7.37. The maximum Gasteiger partial charge on any atom is 0.250 e. The van der Waals surface area contributed by atoms with Crippen LogP contribution in [0.25, 0.3) is 6.08 Å². The molecule has 2 aromatic rings. The number of anilines is 1. The highest BCUT2D eigenvalue weighted by Crippen LogP contribution is 2.23. The molecule has 0 heterocycles. The van der Waals surface area contributed by atoms with Crippen molar-refractivity contribution in [2.45, 2.75) is 0 Å². The molecule has 0 aliphatic heterocycles. The van der Waals surface area contributed by atoms with E-state index in [1.54, 1.807) is 12.2 Å². The fourth-order valence-corrected chi connectivity index (χ4v) is 2.10. The van der Waals surface area contributed by atoms with Crippen LogP contribution in [-0.4, -0.2) is 17.6 Å². The monoisotopic (exact) mass is 338 g/mol. The first kappa shape index (κ1) is 17.4. The Labute approximate surface area is 146 Å². The van der Waals surface area contributed by atoms with E-state index in [9.17, 15) is 4.79 Å². The molecule has 0 bridgehead atoms. The molecule has 5 heteroatoms. The molecule has 0 saturated heterocycles. The van der Waals surface area contributed by atoms with Crippen molar-refractivity contribution in [2.24, 2.45) is 0 Å². The lowest BCUT2D eigenvalue weighted by atomic mass is 10.2. The third-order valence-electron chi connectivity index (χ3n) is 2.96. The van der Waals surface area contributed by atoms with Crippen molar-refractivity contribution in [1.29, 1.82) is 0 Å². The van der Waals surface area contributed by atoms with Gasteiger partial charge in [-0.05, 0) is 36.0 Å². The van der Waals surface area contributed by atoms with Crippen LogP contribution in [0.4, 0.5) is 5.69 Å². The van der Waals surface area contributed by atoms with E-state index in [1.807, 2.05) is 54.6 Å². The Balaban J connectivity index is 1.92. The molecule has 0 unspecified atom stereocenters. The molecule has 122 valence electrons. The minimum absolute atomic E-state index is 0.201. The third kappa shape index (κ3) is 5.70. The molecule has 24 heavy (non-hydrogen) atoms. The fourth-order valence-electron chi connectivity index (χ4n) is 1.89. The Morgan fingerprint density at radius 2 is 1.83 bits per heavy atom. The van der Waals surface area contributed by atoms with Gasteiger partial charge in [-0.3, -0.25) is 10.1 Å². The fraction of sp³-hybridized carbons (Fsp3) is 0.0526. The maximum absolute atomic E-state index is 11.9. The lowest BCUT2D eigenvalue weighted by Crippen LogP contribution is -2.32. The molecule has 2 rings (SSSR count). The molecule has 0 saturated carbocycles. The summed E-state index contributed by atoms with van der Waals surface area (Å²) in [7, 11) is 0. The maximum atomic E-state index is 11.9. The van der Waals surface area contributed by atoms with E-state index in [0.717, 1.165) is 5.56 Å². The van der Waals surface area contributed by atoms with Crippen LogP contribution in [0.2, 0.25) is 0 Å². The van der Waals surface area contributed by atoms with Gasteiger partial charge >= 0.3 is 0 Å². The number of amides is 1. The molecule has 0 radical (unpaired) electrons. The molecule has 1 amide bonds. The molecule has 2 aromatic carbocycles. The van der Waals surface area contributed by atoms with Crippen molar-refractivity contribution in [3.8, 4) is 5.75 Å². The standard InChI is InChI=1S/C19H18N2O2S/c1-2-14-23-17-11-7-6-10-16(17)20-19(24)21-18(22)13-12-15-8-4-3-5-9-15/h2-13H,1,14H2,(H2,20,21,22,24)/b13-12+. The second kappa shape index (κ2) is 9.27. The zero-order chi connectivity index (χ0) is 17.2. The minimum Gasteiger partial charge on any atom is -0.487 e. The van der Waals surface area contributed by atoms with Crippen molar-refractivity contribution in [3.63, 3.8) is 0 Å². The number of rotatable bonds is 6. The third-order valence-corrected chi connectivity index (χ3v) is 3.16. The molecule has 0 fully saturated rings. The van der Waals surface area contributed by atoms with Gasteiger partial charge in [0.1, 0.15) is 12.4 Å². The van der Waals surface area contributed by atoms with Crippen molar-refractivity contribution >= 4 is 35.0 Å². The van der Waals surface area contributed by atoms with Crippen LogP contribution in [0, 0.1) is 0 Å². The number of carbonyl (C=O) groups is 1. The Kier molecular flexibility index (Phi) is 6.73. The number of ether oxygens (including phenoxy) is 1. The topological polar surface area (TPSA) is 50.4 Å². The van der Waals surface area contributed by atoms with Crippen LogP contribution >= 0.6 is 12.2 Å². The lowest BCUT2D eigenvalue weighted by Gasteiger charge is -2.12. The highest BCUT2D eigenvalue weighted by Gasteiger charge is 2.06. The van der Waals surface area contributed by atoms with Gasteiger partial charge in [-0.25, -0.2) is 0 Å². The number of nitrogens with one attached hydrogen (secondary N) is 2. The summed E-state index contributed by atoms with van der Waals surface area (Å²) >= 11 is 5.16. The summed E-state index contributed by atoms with van der Waals surface area (Å²) in [4.78, 5) is 11.9. The summed E-state index contributed by atoms with van der Waals surface area (Å²) in [6.07, 6.45) is 4.81. The van der Waals surface area contributed by atoms with Crippen molar-refractivity contribution in [3.05, 3.63) is 78.9 Å². The molecule has 0 aliphatic carbocycles. The van der Waals surface area contributed by atoms with Crippen LogP contribution in [0.1, 0.15) is 5.56 Å². The van der Waals surface area contributed by atoms with Crippen LogP contribution < -0.4 is 15.4 Å². The van der Waals surface area contributed by atoms with E-state index in [-0.39, 0.29) is 11.0 Å². The van der Waals surface area contributed by atoms with E-state index < -0.39 is 0 Å². The highest BCUT2D eigenvalue weighted by molar-refractivity contribution is 7.80. The number of thiocarbonyl (C=S) groups is 1. The van der Waals surface area contributed by atoms with E-state index in [4.69, 9.17) is 17.0 Å². The normalized spacial score (nSPS) is 10.2. The number of benzene rings is 2. The van der Waals surface area contributed by atoms with E-state index in [2.05, 4.69) is 17.2 Å². The second-order valence-electron chi connectivity index (χ2n) is 4.78. The van der Waals surface area contributed by atoms with Gasteiger partial charge in [-0.15, -0.1) is 0 Å². The van der Waals surface area contributed by atoms with Gasteiger partial charge in [-0.2, -0.15) is 0 Å². The molecule has 0 atom stereocenters. The summed E-state index contributed by atoms with van der Waals surface area (Å²) in [5.41, 5.74) is 1.62. The van der Waals surface area contributed by atoms with Gasteiger partial charge in [0.2, 0.25) is 5.91 Å². The number of hydrogen-bond donors (Lipinski definition) is 2. The predicted octanol–water partition coefficient (Wildman–Crippen LogP) is 3.78. The SMILES string of the molecule is C=CCOc1ccccc1NC(=S)NC(=O)/C=C/c1ccccc1. The van der Waals surface area contributed by atoms with E-state index in [0.29, 0.717) is 18.0 Å². The van der Waals surface area contributed by atoms with Gasteiger partial charge in [0, 0.05) is 6.08 Å². The lowest BCUT2D eigenvalue weighted by molar-refractivity contribution is -0.115. The molecule has 0 spiro atoms. The van der Waals surface area contributed by atoms with Crippen LogP contribution in [0.5, 0.6) is 5.75 Å².